The Morgan fingerprint density at radius 3 is 2.67 bits per heavy atom. The number of hydrogen-bond donors (Lipinski definition) is 0. The molecule has 0 spiro atoms. The maximum Gasteiger partial charge on any atom is 0.208 e. The Labute approximate surface area is 35.2 Å². The molecule has 0 aromatic rings. The Morgan fingerprint density at radius 1 is 1.67 bits per heavy atom. The lowest BCUT2D eigenvalue weighted by molar-refractivity contribution is 0.421. The van der Waals surface area contributed by atoms with E-state index in [0.717, 1.165) is 0 Å². The van der Waals surface area contributed by atoms with Crippen LogP contribution < -0.4 is 0 Å². The Morgan fingerprint density at radius 2 is 2.50 bits per heavy atom. The average Bonchev–Trinajstić information content (AvgIpc) is 1.86. The fourth-order valence-electron chi connectivity index (χ4n) is 0.323. The molecule has 0 amide bonds. The Bertz CT molecular complexity index is 83.7. The van der Waals surface area contributed by atoms with Crippen molar-refractivity contribution < 1.29 is 4.39 Å². The molecular formula is C4H4FN. The highest BCUT2D eigenvalue weighted by Crippen LogP contribution is 1.97. The number of alkyl halides is 1. The molecule has 0 N–H and O–H groups in total. The average molecular weight is 85.1 g/mol. The minimum Gasteiger partial charge on any atom is -0.253 e. The van der Waals surface area contributed by atoms with E-state index in [4.69, 9.17) is 0 Å². The summed E-state index contributed by atoms with van der Waals surface area (Å²) in [6.45, 7) is 0. The largest absolute Gasteiger partial charge is 0.253 e. The fourth-order valence-corrected chi connectivity index (χ4v) is 0.323. The van der Waals surface area contributed by atoms with Crippen molar-refractivity contribution in [3.8, 4) is 0 Å². The molecule has 1 heterocycles. The van der Waals surface area contributed by atoms with Crippen LogP contribution in [0.25, 0.3) is 0 Å². The van der Waals surface area contributed by atoms with Crippen molar-refractivity contribution in [1.29, 1.82) is 0 Å². The molecule has 0 aliphatic carbocycles. The summed E-state index contributed by atoms with van der Waals surface area (Å²) in [4.78, 5) is 3.33. The predicted octanol–water partition coefficient (Wildman–Crippen LogP) is 0.923. The second-order valence-electron chi connectivity index (χ2n) is 1.06. The van der Waals surface area contributed by atoms with Gasteiger partial charge in [-0.15, -0.1) is 0 Å². The smallest absolute Gasteiger partial charge is 0.208 e. The zero-order valence-corrected chi connectivity index (χ0v) is 3.13. The summed E-state index contributed by atoms with van der Waals surface area (Å²) in [5, 5.41) is 0. The Kier molecular flexibility index (Phi) is 0.708. The normalized spacial score (nSPS) is 29.2. The lowest BCUT2D eigenvalue weighted by Crippen LogP contribution is -1.79. The molecule has 0 aromatic heterocycles. The Hall–Kier alpha value is -0.660. The third-order valence-corrected chi connectivity index (χ3v) is 0.584. The molecule has 6 heavy (non-hydrogen) atoms. The molecule has 1 rings (SSSR count). The first kappa shape index (κ1) is 3.53. The van der Waals surface area contributed by atoms with Gasteiger partial charge in [0.05, 0.1) is 0 Å². The van der Waals surface area contributed by atoms with Crippen LogP contribution in [0.5, 0.6) is 0 Å². The minimum atomic E-state index is -1.06. The van der Waals surface area contributed by atoms with Crippen LogP contribution in [0.3, 0.4) is 0 Å². The van der Waals surface area contributed by atoms with Gasteiger partial charge in [-0.2, -0.15) is 0 Å². The van der Waals surface area contributed by atoms with Gasteiger partial charge in [0.2, 0.25) is 6.30 Å². The van der Waals surface area contributed by atoms with Gasteiger partial charge >= 0.3 is 0 Å². The molecule has 0 radical (unpaired) electrons. The molecule has 0 saturated carbocycles. The van der Waals surface area contributed by atoms with Crippen LogP contribution in [0.2, 0.25) is 0 Å². The van der Waals surface area contributed by atoms with Crippen LogP contribution in [0, 0.1) is 0 Å². The summed E-state index contributed by atoms with van der Waals surface area (Å²) in [5.41, 5.74) is 0. The highest BCUT2D eigenvalue weighted by atomic mass is 19.1. The van der Waals surface area contributed by atoms with E-state index in [1.807, 2.05) is 0 Å². The summed E-state index contributed by atoms with van der Waals surface area (Å²) in [6, 6.07) is 0. The van der Waals surface area contributed by atoms with E-state index >= 15 is 0 Å². The van der Waals surface area contributed by atoms with Crippen molar-refractivity contribution in [2.24, 2.45) is 4.99 Å². The molecule has 1 nitrogen and oxygen atoms in total. The van der Waals surface area contributed by atoms with E-state index in [9.17, 15) is 4.39 Å². The maximum absolute atomic E-state index is 11.6. The van der Waals surface area contributed by atoms with E-state index in [2.05, 4.69) is 4.99 Å². The quantitative estimate of drug-likeness (QED) is 0.388. The van der Waals surface area contributed by atoms with Gasteiger partial charge in [-0.3, -0.25) is 4.99 Å². The topological polar surface area (TPSA) is 12.4 Å². The van der Waals surface area contributed by atoms with Crippen LogP contribution in [-0.4, -0.2) is 12.5 Å². The number of hydrogen-bond acceptors (Lipinski definition) is 1. The molecule has 32 valence electrons. The molecular weight excluding hydrogens is 81.0 g/mol. The molecule has 1 unspecified atom stereocenters. The number of allylic oxidation sites excluding steroid dienone is 1. The van der Waals surface area contributed by atoms with Crippen molar-refractivity contribution in [2.75, 3.05) is 0 Å². The third kappa shape index (κ3) is 0.455. The monoisotopic (exact) mass is 85.0 g/mol. The Balaban J connectivity index is 2.60. The predicted molar refractivity (Wildman–Crippen MR) is 22.5 cm³/mol. The fraction of sp³-hybridized carbons (Fsp3) is 0.250. The number of rotatable bonds is 0. The molecule has 0 aromatic carbocycles. The number of nitrogens with zero attached hydrogens (tertiary/aromatic N) is 1. The van der Waals surface area contributed by atoms with Crippen molar-refractivity contribution in [2.45, 2.75) is 6.30 Å². The highest BCUT2D eigenvalue weighted by Gasteiger charge is 1.95. The van der Waals surface area contributed by atoms with E-state index in [-0.39, 0.29) is 0 Å². The van der Waals surface area contributed by atoms with E-state index < -0.39 is 6.30 Å². The lowest BCUT2D eigenvalue weighted by Gasteiger charge is -1.79. The van der Waals surface area contributed by atoms with Crippen molar-refractivity contribution in [1.82, 2.24) is 0 Å². The summed E-state index contributed by atoms with van der Waals surface area (Å²) in [5.74, 6) is 0. The first-order valence-corrected chi connectivity index (χ1v) is 1.73. The van der Waals surface area contributed by atoms with Gasteiger partial charge in [0.25, 0.3) is 0 Å². The van der Waals surface area contributed by atoms with Crippen LogP contribution in [0.1, 0.15) is 0 Å². The van der Waals surface area contributed by atoms with Gasteiger partial charge in [0.15, 0.2) is 0 Å². The standard InChI is InChI=1S/C4H4FN/c5-4-2-1-3-6-4/h1-4H. The molecule has 0 bridgehead atoms. The summed E-state index contributed by atoms with van der Waals surface area (Å²) in [7, 11) is 0. The van der Waals surface area contributed by atoms with Crippen LogP contribution >= 0.6 is 0 Å². The molecule has 1 atom stereocenters. The second-order valence-corrected chi connectivity index (χ2v) is 1.06. The summed E-state index contributed by atoms with van der Waals surface area (Å²) < 4.78 is 11.6. The van der Waals surface area contributed by atoms with Gasteiger partial charge < -0.3 is 0 Å². The number of aliphatic imine (C=N–C) groups is 1. The molecule has 1 aliphatic heterocycles. The first-order valence-electron chi connectivity index (χ1n) is 1.73. The van der Waals surface area contributed by atoms with Gasteiger partial charge in [0, 0.05) is 6.21 Å². The molecule has 1 aliphatic rings. The van der Waals surface area contributed by atoms with Gasteiger partial charge in [0.1, 0.15) is 0 Å². The van der Waals surface area contributed by atoms with Crippen LogP contribution in [0.4, 0.5) is 4.39 Å². The highest BCUT2D eigenvalue weighted by molar-refractivity contribution is 5.73. The number of halogens is 1. The zero-order valence-electron chi connectivity index (χ0n) is 3.13. The molecule has 0 saturated heterocycles. The van der Waals surface area contributed by atoms with Gasteiger partial charge in [-0.25, -0.2) is 4.39 Å². The van der Waals surface area contributed by atoms with Crippen molar-refractivity contribution in [3.63, 3.8) is 0 Å². The summed E-state index contributed by atoms with van der Waals surface area (Å²) in [6.07, 6.45) is 3.36. The maximum atomic E-state index is 11.6. The van der Waals surface area contributed by atoms with Crippen molar-refractivity contribution in [3.05, 3.63) is 12.2 Å². The van der Waals surface area contributed by atoms with Gasteiger partial charge in [-0.05, 0) is 12.2 Å². The van der Waals surface area contributed by atoms with E-state index in [1.54, 1.807) is 6.08 Å². The van der Waals surface area contributed by atoms with Crippen LogP contribution in [-0.2, 0) is 0 Å². The molecule has 2 heteroatoms. The van der Waals surface area contributed by atoms with Crippen LogP contribution in [0.15, 0.2) is 17.1 Å². The zero-order chi connectivity index (χ0) is 4.41. The van der Waals surface area contributed by atoms with E-state index in [0.29, 0.717) is 0 Å². The molecule has 0 fully saturated rings. The second kappa shape index (κ2) is 1.20. The minimum absolute atomic E-state index is 1.06. The van der Waals surface area contributed by atoms with Crippen molar-refractivity contribution >= 4 is 6.21 Å². The van der Waals surface area contributed by atoms with E-state index in [1.165, 1.54) is 12.3 Å². The first-order chi connectivity index (χ1) is 2.89. The summed E-state index contributed by atoms with van der Waals surface area (Å²) >= 11 is 0. The third-order valence-electron chi connectivity index (χ3n) is 0.584. The van der Waals surface area contributed by atoms with Gasteiger partial charge in [-0.1, -0.05) is 0 Å². The SMILES string of the molecule is FC1C=CC=N1. The lowest BCUT2D eigenvalue weighted by atomic mass is 10.6.